The molecule has 1 fully saturated rings. The van der Waals surface area contributed by atoms with Crippen molar-refractivity contribution in [3.05, 3.63) is 41.8 Å². The van der Waals surface area contributed by atoms with Crippen LogP contribution in [0.5, 0.6) is 0 Å². The molecule has 0 unspecified atom stereocenters. The predicted octanol–water partition coefficient (Wildman–Crippen LogP) is 2.71. The SMILES string of the molecule is COCC1CCN(C(=O)c2cc(-c3ccc(F)cc3)n[nH]2)CC1. The van der Waals surface area contributed by atoms with E-state index in [1.807, 2.05) is 4.90 Å². The van der Waals surface area contributed by atoms with E-state index in [2.05, 4.69) is 10.2 Å². The van der Waals surface area contributed by atoms with Crippen molar-refractivity contribution in [3.8, 4) is 11.3 Å². The summed E-state index contributed by atoms with van der Waals surface area (Å²) in [5.74, 6) is 0.196. The van der Waals surface area contributed by atoms with Gasteiger partial charge in [-0.25, -0.2) is 4.39 Å². The standard InChI is InChI=1S/C17H20FN3O2/c1-23-11-12-6-8-21(9-7-12)17(22)16-10-15(19-20-16)13-2-4-14(18)5-3-13/h2-5,10,12H,6-9,11H2,1H3,(H,19,20). The summed E-state index contributed by atoms with van der Waals surface area (Å²) < 4.78 is 18.1. The molecule has 3 rings (SSSR count). The summed E-state index contributed by atoms with van der Waals surface area (Å²) >= 11 is 0. The first-order valence-corrected chi connectivity index (χ1v) is 7.77. The van der Waals surface area contributed by atoms with Gasteiger partial charge in [-0.2, -0.15) is 5.10 Å². The van der Waals surface area contributed by atoms with E-state index in [1.165, 1.54) is 12.1 Å². The third-order valence-corrected chi connectivity index (χ3v) is 4.25. The molecule has 0 atom stereocenters. The molecule has 1 aromatic heterocycles. The third kappa shape index (κ3) is 3.59. The van der Waals surface area contributed by atoms with Crippen LogP contribution in [0.2, 0.25) is 0 Å². The number of carbonyl (C=O) groups is 1. The topological polar surface area (TPSA) is 58.2 Å². The van der Waals surface area contributed by atoms with Crippen LogP contribution in [0, 0.1) is 11.7 Å². The molecular formula is C17H20FN3O2. The first-order chi connectivity index (χ1) is 11.2. The number of rotatable bonds is 4. The Kier molecular flexibility index (Phi) is 4.71. The molecule has 0 saturated carbocycles. The van der Waals surface area contributed by atoms with Crippen LogP contribution < -0.4 is 0 Å². The van der Waals surface area contributed by atoms with Gasteiger partial charge in [-0.3, -0.25) is 9.89 Å². The van der Waals surface area contributed by atoms with Gasteiger partial charge in [-0.1, -0.05) is 0 Å². The number of likely N-dealkylation sites (tertiary alicyclic amines) is 1. The van der Waals surface area contributed by atoms with E-state index in [9.17, 15) is 9.18 Å². The number of benzene rings is 1. The molecule has 122 valence electrons. The summed E-state index contributed by atoms with van der Waals surface area (Å²) in [5, 5.41) is 6.95. The Morgan fingerprint density at radius 1 is 1.35 bits per heavy atom. The molecule has 0 spiro atoms. The lowest BCUT2D eigenvalue weighted by atomic mass is 9.97. The van der Waals surface area contributed by atoms with Crippen molar-refractivity contribution < 1.29 is 13.9 Å². The predicted molar refractivity (Wildman–Crippen MR) is 84.5 cm³/mol. The fourth-order valence-corrected chi connectivity index (χ4v) is 2.91. The van der Waals surface area contributed by atoms with Gasteiger partial charge >= 0.3 is 0 Å². The van der Waals surface area contributed by atoms with Crippen molar-refractivity contribution >= 4 is 5.91 Å². The van der Waals surface area contributed by atoms with Crippen molar-refractivity contribution in [3.63, 3.8) is 0 Å². The quantitative estimate of drug-likeness (QED) is 0.943. The Labute approximate surface area is 134 Å². The van der Waals surface area contributed by atoms with Gasteiger partial charge in [-0.15, -0.1) is 0 Å². The number of hydrogen-bond acceptors (Lipinski definition) is 3. The Morgan fingerprint density at radius 3 is 2.70 bits per heavy atom. The minimum Gasteiger partial charge on any atom is -0.384 e. The maximum absolute atomic E-state index is 13.0. The molecule has 1 amide bonds. The number of ether oxygens (including phenoxy) is 1. The molecule has 23 heavy (non-hydrogen) atoms. The van der Waals surface area contributed by atoms with Crippen LogP contribution in [0.3, 0.4) is 0 Å². The Morgan fingerprint density at radius 2 is 2.04 bits per heavy atom. The Bertz CT molecular complexity index is 661. The fourth-order valence-electron chi connectivity index (χ4n) is 2.91. The van der Waals surface area contributed by atoms with Crippen molar-refractivity contribution in [2.24, 2.45) is 5.92 Å². The summed E-state index contributed by atoms with van der Waals surface area (Å²) in [6, 6.07) is 7.78. The molecule has 0 radical (unpaired) electrons. The van der Waals surface area contributed by atoms with E-state index in [0.717, 1.165) is 38.1 Å². The maximum Gasteiger partial charge on any atom is 0.271 e. The number of amides is 1. The van der Waals surface area contributed by atoms with Gasteiger partial charge in [0, 0.05) is 32.4 Å². The molecule has 6 heteroatoms. The molecule has 5 nitrogen and oxygen atoms in total. The van der Waals surface area contributed by atoms with E-state index in [4.69, 9.17) is 4.74 Å². The molecule has 1 aliphatic heterocycles. The van der Waals surface area contributed by atoms with Crippen molar-refractivity contribution in [1.82, 2.24) is 15.1 Å². The number of carbonyl (C=O) groups excluding carboxylic acids is 1. The minimum absolute atomic E-state index is 0.0401. The number of nitrogens with zero attached hydrogens (tertiary/aromatic N) is 2. The highest BCUT2D eigenvalue weighted by atomic mass is 19.1. The average molecular weight is 317 g/mol. The second kappa shape index (κ2) is 6.91. The van der Waals surface area contributed by atoms with Gasteiger partial charge in [0.1, 0.15) is 11.5 Å². The number of piperidine rings is 1. The van der Waals surface area contributed by atoms with Gasteiger partial charge < -0.3 is 9.64 Å². The van der Waals surface area contributed by atoms with Crippen molar-refractivity contribution in [2.45, 2.75) is 12.8 Å². The second-order valence-electron chi connectivity index (χ2n) is 5.86. The summed E-state index contributed by atoms with van der Waals surface area (Å²) in [4.78, 5) is 14.4. The van der Waals surface area contributed by atoms with E-state index in [0.29, 0.717) is 17.3 Å². The first-order valence-electron chi connectivity index (χ1n) is 7.77. The van der Waals surface area contributed by atoms with Crippen LogP contribution >= 0.6 is 0 Å². The zero-order valence-electron chi connectivity index (χ0n) is 13.1. The molecular weight excluding hydrogens is 297 g/mol. The van der Waals surface area contributed by atoms with Gasteiger partial charge in [0.15, 0.2) is 0 Å². The zero-order valence-corrected chi connectivity index (χ0v) is 13.1. The summed E-state index contributed by atoms with van der Waals surface area (Å²) in [6.45, 7) is 2.22. The molecule has 1 aromatic carbocycles. The van der Waals surface area contributed by atoms with E-state index in [1.54, 1.807) is 25.3 Å². The molecule has 1 aliphatic rings. The number of nitrogens with one attached hydrogen (secondary N) is 1. The number of aromatic amines is 1. The lowest BCUT2D eigenvalue weighted by molar-refractivity contribution is 0.0608. The first kappa shape index (κ1) is 15.7. The number of aromatic nitrogens is 2. The van der Waals surface area contributed by atoms with Crippen LogP contribution in [0.1, 0.15) is 23.3 Å². The molecule has 1 saturated heterocycles. The zero-order chi connectivity index (χ0) is 16.2. The van der Waals surface area contributed by atoms with Gasteiger partial charge in [0.2, 0.25) is 0 Å². The minimum atomic E-state index is -0.292. The number of hydrogen-bond donors (Lipinski definition) is 1. The highest BCUT2D eigenvalue weighted by molar-refractivity contribution is 5.93. The van der Waals surface area contributed by atoms with Crippen molar-refractivity contribution in [1.29, 1.82) is 0 Å². The Hall–Kier alpha value is -2.21. The molecule has 1 N–H and O–H groups in total. The maximum atomic E-state index is 13.0. The molecule has 0 aliphatic carbocycles. The van der Waals surface area contributed by atoms with Crippen LogP contribution in [0.4, 0.5) is 4.39 Å². The lowest BCUT2D eigenvalue weighted by Crippen LogP contribution is -2.39. The smallest absolute Gasteiger partial charge is 0.271 e. The Balaban J connectivity index is 1.66. The lowest BCUT2D eigenvalue weighted by Gasteiger charge is -2.31. The van der Waals surface area contributed by atoms with E-state index < -0.39 is 0 Å². The van der Waals surface area contributed by atoms with Gasteiger partial charge in [0.25, 0.3) is 5.91 Å². The van der Waals surface area contributed by atoms with Crippen LogP contribution in [0.15, 0.2) is 30.3 Å². The van der Waals surface area contributed by atoms with E-state index >= 15 is 0 Å². The van der Waals surface area contributed by atoms with Crippen LogP contribution in [-0.4, -0.2) is 47.8 Å². The second-order valence-corrected chi connectivity index (χ2v) is 5.86. The molecule has 0 bridgehead atoms. The average Bonchev–Trinajstić information content (AvgIpc) is 3.06. The number of H-pyrrole nitrogens is 1. The summed E-state index contributed by atoms with van der Waals surface area (Å²) in [7, 11) is 1.71. The van der Waals surface area contributed by atoms with Gasteiger partial charge in [0.05, 0.1) is 5.69 Å². The highest BCUT2D eigenvalue weighted by Gasteiger charge is 2.24. The summed E-state index contributed by atoms with van der Waals surface area (Å²) in [5.41, 5.74) is 1.89. The van der Waals surface area contributed by atoms with Crippen LogP contribution in [0.25, 0.3) is 11.3 Å². The molecule has 2 heterocycles. The largest absolute Gasteiger partial charge is 0.384 e. The van der Waals surface area contributed by atoms with Crippen molar-refractivity contribution in [2.75, 3.05) is 26.8 Å². The number of methoxy groups -OCH3 is 1. The monoisotopic (exact) mass is 317 g/mol. The third-order valence-electron chi connectivity index (χ3n) is 4.25. The van der Waals surface area contributed by atoms with Crippen LogP contribution in [-0.2, 0) is 4.74 Å². The fraction of sp³-hybridized carbons (Fsp3) is 0.412. The van der Waals surface area contributed by atoms with Gasteiger partial charge in [-0.05, 0) is 49.1 Å². The number of halogens is 1. The highest BCUT2D eigenvalue weighted by Crippen LogP contribution is 2.21. The molecule has 2 aromatic rings. The normalized spacial score (nSPS) is 15.8. The van der Waals surface area contributed by atoms with E-state index in [-0.39, 0.29) is 11.7 Å². The summed E-state index contributed by atoms with van der Waals surface area (Å²) in [6.07, 6.45) is 1.91.